The van der Waals surface area contributed by atoms with Crippen molar-refractivity contribution in [1.29, 1.82) is 0 Å². The fraction of sp³-hybridized carbons (Fsp3) is 0. The minimum absolute atomic E-state index is 0.582. The van der Waals surface area contributed by atoms with Crippen LogP contribution in [0.5, 0.6) is 0 Å². The van der Waals surface area contributed by atoms with Gasteiger partial charge in [0.2, 0.25) is 5.95 Å². The normalized spacial score (nSPS) is 12.2. The second-order valence-electron chi connectivity index (χ2n) is 14.8. The molecule has 0 unspecified atom stereocenters. The summed E-state index contributed by atoms with van der Waals surface area (Å²) in [6, 6.07) is 63.1. The Morgan fingerprint density at radius 3 is 1.61 bits per heavy atom. The number of nitrogens with zero attached hydrogens (tertiary/aromatic N) is 5. The highest BCUT2D eigenvalue weighted by atomic mass is 32.1. The van der Waals surface area contributed by atoms with Crippen molar-refractivity contribution in [1.82, 2.24) is 23.9 Å². The lowest BCUT2D eigenvalue weighted by Gasteiger charge is -2.11. The molecule has 0 N–H and O–H groups in total. The Kier molecular flexibility index (Phi) is 6.26. The van der Waals surface area contributed by atoms with Gasteiger partial charge in [0.05, 0.1) is 27.6 Å². The lowest BCUT2D eigenvalue weighted by Crippen LogP contribution is -2.06. The molecule has 5 aromatic heterocycles. The molecule has 57 heavy (non-hydrogen) atoms. The van der Waals surface area contributed by atoms with Crippen molar-refractivity contribution in [3.8, 4) is 28.7 Å². The third kappa shape index (κ3) is 4.30. The van der Waals surface area contributed by atoms with Gasteiger partial charge in [-0.05, 0) is 52.6 Å². The summed E-state index contributed by atoms with van der Waals surface area (Å²) in [6.45, 7) is 0. The fourth-order valence-electron chi connectivity index (χ4n) is 9.32. The number of benzene rings is 8. The van der Waals surface area contributed by atoms with E-state index in [9.17, 15) is 0 Å². The molecule has 0 aliphatic rings. The Hall–Kier alpha value is -7.41. The maximum absolute atomic E-state index is 5.24. The van der Waals surface area contributed by atoms with E-state index in [-0.39, 0.29) is 0 Å². The molecule has 0 spiro atoms. The van der Waals surface area contributed by atoms with Gasteiger partial charge >= 0.3 is 0 Å². The molecule has 0 amide bonds. The van der Waals surface area contributed by atoms with Crippen molar-refractivity contribution in [3.63, 3.8) is 0 Å². The Labute approximate surface area is 329 Å². The van der Waals surface area contributed by atoms with Crippen molar-refractivity contribution in [3.05, 3.63) is 176 Å². The summed E-state index contributed by atoms with van der Waals surface area (Å²) in [5, 5.41) is 12.3. The molecule has 5 nitrogen and oxygen atoms in total. The molecule has 0 aliphatic carbocycles. The first kappa shape index (κ1) is 30.9. The van der Waals surface area contributed by atoms with Gasteiger partial charge < -0.3 is 4.40 Å². The predicted molar refractivity (Wildman–Crippen MR) is 239 cm³/mol. The predicted octanol–water partition coefficient (Wildman–Crippen LogP) is 13.5. The van der Waals surface area contributed by atoms with Gasteiger partial charge in [-0.3, -0.25) is 4.57 Å². The molecule has 13 rings (SSSR count). The van der Waals surface area contributed by atoms with Gasteiger partial charge in [-0.25, -0.2) is 4.98 Å². The number of hydrogen-bond donors (Lipinski definition) is 0. The Morgan fingerprint density at radius 2 is 0.877 bits per heavy atom. The van der Waals surface area contributed by atoms with E-state index in [1.165, 1.54) is 63.5 Å². The van der Waals surface area contributed by atoms with E-state index in [0.29, 0.717) is 17.6 Å². The van der Waals surface area contributed by atoms with Crippen molar-refractivity contribution < 1.29 is 0 Å². The van der Waals surface area contributed by atoms with Gasteiger partial charge in [0, 0.05) is 58.2 Å². The number of rotatable bonds is 3. The van der Waals surface area contributed by atoms with Crippen LogP contribution in [0.4, 0.5) is 0 Å². The summed E-state index contributed by atoms with van der Waals surface area (Å²) in [5.74, 6) is 1.85. The molecule has 0 saturated heterocycles. The van der Waals surface area contributed by atoms with E-state index in [0.717, 1.165) is 38.4 Å². The average Bonchev–Trinajstić information content (AvgIpc) is 3.94. The van der Waals surface area contributed by atoms with Gasteiger partial charge in [0.25, 0.3) is 0 Å². The lowest BCUT2D eigenvalue weighted by molar-refractivity contribution is 0.953. The van der Waals surface area contributed by atoms with Gasteiger partial charge in [-0.1, -0.05) is 140 Å². The number of fused-ring (bicyclic) bond motifs is 10. The van der Waals surface area contributed by atoms with Gasteiger partial charge in [0.1, 0.15) is 0 Å². The molecule has 0 radical (unpaired) electrons. The number of hydrogen-bond acceptors (Lipinski definition) is 4. The zero-order valence-corrected chi connectivity index (χ0v) is 31.2. The van der Waals surface area contributed by atoms with Crippen LogP contribution in [0.15, 0.2) is 176 Å². The summed E-state index contributed by atoms with van der Waals surface area (Å²) < 4.78 is 7.35. The molecule has 0 aliphatic heterocycles. The van der Waals surface area contributed by atoms with E-state index in [1.54, 1.807) is 0 Å². The Balaban J connectivity index is 1.25. The minimum atomic E-state index is 0.582. The maximum Gasteiger partial charge on any atom is 0.238 e. The summed E-state index contributed by atoms with van der Waals surface area (Å²) >= 11 is 1.87. The smallest absolute Gasteiger partial charge is 0.238 e. The van der Waals surface area contributed by atoms with E-state index in [1.807, 2.05) is 47.7 Å². The zero-order chi connectivity index (χ0) is 37.2. The highest BCUT2D eigenvalue weighted by Gasteiger charge is 2.22. The minimum Gasteiger partial charge on any atom is -0.308 e. The molecule has 5 heterocycles. The second kappa shape index (κ2) is 11.6. The van der Waals surface area contributed by atoms with Crippen LogP contribution in [0, 0.1) is 0 Å². The molecule has 0 bridgehead atoms. The van der Waals surface area contributed by atoms with E-state index >= 15 is 0 Å². The van der Waals surface area contributed by atoms with Crippen molar-refractivity contribution in [2.24, 2.45) is 0 Å². The first-order chi connectivity index (χ1) is 28.3. The van der Waals surface area contributed by atoms with Crippen LogP contribution in [0.25, 0.3) is 120 Å². The first-order valence-electron chi connectivity index (χ1n) is 19.2. The topological polar surface area (TPSA) is 48.0 Å². The Morgan fingerprint density at radius 1 is 0.351 bits per heavy atom. The van der Waals surface area contributed by atoms with Crippen LogP contribution in [-0.2, 0) is 0 Å². The summed E-state index contributed by atoms with van der Waals surface area (Å²) in [6.07, 6.45) is 0. The van der Waals surface area contributed by atoms with Crippen LogP contribution in [0.1, 0.15) is 0 Å². The fourth-order valence-corrected chi connectivity index (χ4v) is 10.5. The zero-order valence-electron chi connectivity index (χ0n) is 30.4. The molecule has 0 atom stereocenters. The third-order valence-electron chi connectivity index (χ3n) is 11.7. The third-order valence-corrected chi connectivity index (χ3v) is 12.8. The highest BCUT2D eigenvalue weighted by molar-refractivity contribution is 7.26. The number of aromatic nitrogens is 5. The van der Waals surface area contributed by atoms with Crippen molar-refractivity contribution >= 4 is 102 Å². The molecule has 8 aromatic carbocycles. The van der Waals surface area contributed by atoms with E-state index in [4.69, 9.17) is 15.0 Å². The molecule has 264 valence electrons. The van der Waals surface area contributed by atoms with Crippen LogP contribution in [-0.4, -0.2) is 23.9 Å². The average molecular weight is 744 g/mol. The maximum atomic E-state index is 5.24. The number of para-hydroxylation sites is 2. The first-order valence-corrected chi connectivity index (χ1v) is 20.0. The standard InChI is InChI=1S/C51H29N5S/c1-3-14-30(15-4-1)49-52-50(31-16-5-2-6-17-31)54-51(53-49)56-40-24-10-9-20-34(40)38-28-39-37-23-11-22-36-33-19-8-7-18-32(33)35-21-12-26-44-46(35)47-41(25-13-27-45(47)57-44)55(48(36)37)42(39)29-43(38)56/h1-29H. The number of thiophene rings is 1. The van der Waals surface area contributed by atoms with Crippen LogP contribution in [0.2, 0.25) is 0 Å². The Bertz CT molecular complexity index is 3750. The van der Waals surface area contributed by atoms with Crippen molar-refractivity contribution in [2.75, 3.05) is 0 Å². The van der Waals surface area contributed by atoms with E-state index in [2.05, 4.69) is 148 Å². The molecular formula is C51H29N5S. The quantitative estimate of drug-likeness (QED) is 0.181. The van der Waals surface area contributed by atoms with Crippen LogP contribution < -0.4 is 0 Å². The van der Waals surface area contributed by atoms with Gasteiger partial charge in [-0.2, -0.15) is 9.97 Å². The highest BCUT2D eigenvalue weighted by Crippen LogP contribution is 2.45. The second-order valence-corrected chi connectivity index (χ2v) is 15.9. The van der Waals surface area contributed by atoms with Gasteiger partial charge in [-0.15, -0.1) is 11.3 Å². The molecule has 6 heteroatoms. The summed E-state index contributed by atoms with van der Waals surface area (Å²) in [4.78, 5) is 15.5. The van der Waals surface area contributed by atoms with E-state index < -0.39 is 0 Å². The summed E-state index contributed by atoms with van der Waals surface area (Å²) in [7, 11) is 0. The van der Waals surface area contributed by atoms with Crippen LogP contribution in [0.3, 0.4) is 0 Å². The lowest BCUT2D eigenvalue weighted by atomic mass is 10.0. The van der Waals surface area contributed by atoms with Crippen LogP contribution >= 0.6 is 11.3 Å². The SMILES string of the molecule is c1ccc(-c2nc(-c3ccccc3)nc(-n3c4ccccc4c4cc5c6cccc7c8ccccc8c8cccc9sc%10cccc(c%10c98)n(c5cc43)c76)n2)cc1. The summed E-state index contributed by atoms with van der Waals surface area (Å²) in [5.41, 5.74) is 7.50. The monoisotopic (exact) mass is 743 g/mol. The molecule has 0 saturated carbocycles. The van der Waals surface area contributed by atoms with Gasteiger partial charge in [0.15, 0.2) is 11.6 Å². The molecule has 13 aromatic rings. The molecular weight excluding hydrogens is 715 g/mol. The molecule has 0 fully saturated rings. The largest absolute Gasteiger partial charge is 0.308 e. The van der Waals surface area contributed by atoms with Crippen molar-refractivity contribution in [2.45, 2.75) is 0 Å².